The predicted molar refractivity (Wildman–Crippen MR) is 147 cm³/mol. The first kappa shape index (κ1) is 28.0. The van der Waals surface area contributed by atoms with Crippen molar-refractivity contribution < 1.29 is 32.5 Å². The van der Waals surface area contributed by atoms with Gasteiger partial charge in [-0.05, 0) is 66.3 Å². The number of esters is 1. The van der Waals surface area contributed by atoms with Gasteiger partial charge < -0.3 is 23.5 Å². The molecule has 2 heterocycles. The summed E-state index contributed by atoms with van der Waals surface area (Å²) in [5.41, 5.74) is 1.87. The van der Waals surface area contributed by atoms with E-state index < -0.39 is 18.7 Å². The van der Waals surface area contributed by atoms with Crippen LogP contribution in [0.15, 0.2) is 61.1 Å². The van der Waals surface area contributed by atoms with Crippen LogP contribution in [0.5, 0.6) is 17.2 Å². The van der Waals surface area contributed by atoms with Crippen molar-refractivity contribution in [2.45, 2.75) is 38.5 Å². The van der Waals surface area contributed by atoms with Crippen molar-refractivity contribution in [2.75, 3.05) is 13.7 Å². The number of fused-ring (bicyclic) bond motifs is 1. The molecule has 0 unspecified atom stereocenters. The maximum atomic E-state index is 13.2. The van der Waals surface area contributed by atoms with Crippen molar-refractivity contribution in [1.82, 2.24) is 9.55 Å². The normalized spacial score (nSPS) is 13.8. The Labute approximate surface area is 239 Å². The van der Waals surface area contributed by atoms with E-state index in [2.05, 4.69) is 9.72 Å². The Bertz CT molecular complexity index is 1490. The van der Waals surface area contributed by atoms with Crippen LogP contribution in [0.1, 0.15) is 30.1 Å². The molecular formula is C29H26Cl2F2N2O5. The number of alkyl halides is 2. The van der Waals surface area contributed by atoms with Crippen molar-refractivity contribution in [2.24, 2.45) is 5.92 Å². The van der Waals surface area contributed by atoms with Crippen LogP contribution < -0.4 is 14.2 Å². The van der Waals surface area contributed by atoms with Gasteiger partial charge in [-0.1, -0.05) is 29.3 Å². The largest absolute Gasteiger partial charge is 0.497 e. The molecule has 1 aliphatic rings. The van der Waals surface area contributed by atoms with Gasteiger partial charge in [-0.2, -0.15) is 8.78 Å². The number of hydrogen-bond donors (Lipinski definition) is 0. The van der Waals surface area contributed by atoms with Gasteiger partial charge in [-0.15, -0.1) is 0 Å². The van der Waals surface area contributed by atoms with E-state index in [4.69, 9.17) is 37.4 Å². The fourth-order valence-electron chi connectivity index (χ4n) is 4.35. The second kappa shape index (κ2) is 12.3. The fraction of sp³-hybridized carbons (Fsp3) is 0.310. The molecule has 0 spiro atoms. The monoisotopic (exact) mass is 590 g/mol. The van der Waals surface area contributed by atoms with Gasteiger partial charge in [0.15, 0.2) is 11.5 Å². The molecule has 2 aromatic carbocycles. The van der Waals surface area contributed by atoms with E-state index in [-0.39, 0.29) is 24.5 Å². The van der Waals surface area contributed by atoms with E-state index in [1.54, 1.807) is 30.0 Å². The minimum absolute atomic E-state index is 0.0677. The molecule has 1 atom stereocenters. The molecule has 0 saturated heterocycles. The number of pyridine rings is 1. The van der Waals surface area contributed by atoms with E-state index >= 15 is 0 Å². The average molecular weight is 591 g/mol. The molecule has 0 amide bonds. The average Bonchev–Trinajstić information content (AvgIpc) is 3.68. The van der Waals surface area contributed by atoms with Crippen molar-refractivity contribution in [3.05, 3.63) is 82.2 Å². The van der Waals surface area contributed by atoms with Crippen molar-refractivity contribution in [1.29, 1.82) is 0 Å². The Morgan fingerprint density at radius 2 is 1.85 bits per heavy atom. The number of benzene rings is 2. The van der Waals surface area contributed by atoms with Crippen molar-refractivity contribution >= 4 is 40.1 Å². The summed E-state index contributed by atoms with van der Waals surface area (Å²) >= 11 is 12.8. The molecule has 40 heavy (non-hydrogen) atoms. The molecule has 4 aromatic rings. The second-order valence-corrected chi connectivity index (χ2v) is 10.3. The molecule has 5 rings (SSSR count). The summed E-state index contributed by atoms with van der Waals surface area (Å²) in [5, 5.41) is 1.52. The van der Waals surface area contributed by atoms with Crippen LogP contribution in [-0.4, -0.2) is 35.8 Å². The summed E-state index contributed by atoms with van der Waals surface area (Å²) in [6.45, 7) is -2.71. The number of methoxy groups -OCH3 is 1. The zero-order chi connectivity index (χ0) is 28.2. The highest BCUT2D eigenvalue weighted by atomic mass is 35.5. The van der Waals surface area contributed by atoms with Gasteiger partial charge in [-0.3, -0.25) is 9.78 Å². The number of halogens is 4. The zero-order valence-corrected chi connectivity index (χ0v) is 23.0. The van der Waals surface area contributed by atoms with Gasteiger partial charge in [0.1, 0.15) is 18.4 Å². The third-order valence-electron chi connectivity index (χ3n) is 6.62. The number of aromatic nitrogens is 2. The summed E-state index contributed by atoms with van der Waals surface area (Å²) < 4.78 is 49.6. The highest BCUT2D eigenvalue weighted by Gasteiger charge is 2.26. The SMILES string of the molecule is COc1ccc2c(ccn2CC(=O)O[C@@H](Cc2c(Cl)cncc2Cl)c2ccc(OC(F)F)c(OCC3CC3)c2)c1. The lowest BCUT2D eigenvalue weighted by Gasteiger charge is -2.22. The molecule has 0 N–H and O–H groups in total. The zero-order valence-electron chi connectivity index (χ0n) is 21.5. The van der Waals surface area contributed by atoms with E-state index in [0.29, 0.717) is 39.4 Å². The minimum Gasteiger partial charge on any atom is -0.497 e. The minimum atomic E-state index is -3.02. The van der Waals surface area contributed by atoms with Gasteiger partial charge in [0, 0.05) is 35.9 Å². The van der Waals surface area contributed by atoms with Gasteiger partial charge >= 0.3 is 12.6 Å². The number of ether oxygens (including phenoxy) is 4. The topological polar surface area (TPSA) is 71.8 Å². The molecule has 2 aromatic heterocycles. The van der Waals surface area contributed by atoms with Gasteiger partial charge in [0.2, 0.25) is 0 Å². The number of carbonyl (C=O) groups is 1. The van der Waals surface area contributed by atoms with Crippen LogP contribution in [0.3, 0.4) is 0 Å². The molecule has 0 aliphatic heterocycles. The fourth-order valence-corrected chi connectivity index (χ4v) is 4.87. The molecule has 1 aliphatic carbocycles. The predicted octanol–water partition coefficient (Wildman–Crippen LogP) is 7.27. The molecule has 0 bridgehead atoms. The highest BCUT2D eigenvalue weighted by molar-refractivity contribution is 6.35. The van der Waals surface area contributed by atoms with Crippen molar-refractivity contribution in [3.8, 4) is 17.2 Å². The molecule has 1 fully saturated rings. The molecule has 210 valence electrons. The lowest BCUT2D eigenvalue weighted by Crippen LogP contribution is -2.19. The Kier molecular flexibility index (Phi) is 8.61. The smallest absolute Gasteiger partial charge is 0.387 e. The lowest BCUT2D eigenvalue weighted by atomic mass is 10.0. The van der Waals surface area contributed by atoms with Gasteiger partial charge in [0.05, 0.1) is 23.8 Å². The number of carbonyl (C=O) groups excluding carboxylic acids is 1. The molecular weight excluding hydrogens is 565 g/mol. The maximum absolute atomic E-state index is 13.2. The molecule has 11 heteroatoms. The first-order valence-electron chi connectivity index (χ1n) is 12.6. The van der Waals surface area contributed by atoms with Crippen LogP contribution in [0.2, 0.25) is 10.0 Å². The number of hydrogen-bond acceptors (Lipinski definition) is 6. The third-order valence-corrected chi connectivity index (χ3v) is 7.27. The van der Waals surface area contributed by atoms with E-state index in [1.807, 2.05) is 24.3 Å². The molecule has 1 saturated carbocycles. The quantitative estimate of drug-likeness (QED) is 0.162. The van der Waals surface area contributed by atoms with Crippen LogP contribution in [-0.2, 0) is 22.5 Å². The maximum Gasteiger partial charge on any atom is 0.387 e. The van der Waals surface area contributed by atoms with Crippen molar-refractivity contribution in [3.63, 3.8) is 0 Å². The summed E-state index contributed by atoms with van der Waals surface area (Å²) in [6.07, 6.45) is 5.98. The number of nitrogens with zero attached hydrogens (tertiary/aromatic N) is 2. The van der Waals surface area contributed by atoms with Crippen LogP contribution in [0.25, 0.3) is 10.9 Å². The first-order chi connectivity index (χ1) is 19.3. The Balaban J connectivity index is 1.43. The summed E-state index contributed by atoms with van der Waals surface area (Å²) in [5.74, 6) is 0.607. The third kappa shape index (κ3) is 6.77. The first-order valence-corrected chi connectivity index (χ1v) is 13.4. The lowest BCUT2D eigenvalue weighted by molar-refractivity contribution is -0.150. The summed E-state index contributed by atoms with van der Waals surface area (Å²) in [4.78, 5) is 17.2. The summed E-state index contributed by atoms with van der Waals surface area (Å²) in [7, 11) is 1.59. The molecule has 7 nitrogen and oxygen atoms in total. The Morgan fingerprint density at radius 1 is 1.07 bits per heavy atom. The highest BCUT2D eigenvalue weighted by Crippen LogP contribution is 2.38. The van der Waals surface area contributed by atoms with E-state index in [1.165, 1.54) is 18.5 Å². The molecule has 0 radical (unpaired) electrons. The van der Waals surface area contributed by atoms with Crippen LogP contribution >= 0.6 is 23.2 Å². The number of rotatable bonds is 12. The summed E-state index contributed by atoms with van der Waals surface area (Å²) in [6, 6.07) is 11.9. The van der Waals surface area contributed by atoms with Crippen LogP contribution in [0.4, 0.5) is 8.78 Å². The van der Waals surface area contributed by atoms with Gasteiger partial charge in [0.25, 0.3) is 0 Å². The standard InChI is InChI=1S/C29H26Cl2F2N2O5/c1-37-20-5-6-24-18(10-20)8-9-35(24)15-28(36)39-26(12-21-22(30)13-34-14-23(21)31)19-4-7-25(40-29(32)33)27(11-19)38-16-17-2-3-17/h4-11,13-14,17,26,29H,2-3,12,15-16H2,1H3/t26-/m0/s1. The van der Waals surface area contributed by atoms with E-state index in [0.717, 1.165) is 23.7 Å². The second-order valence-electron chi connectivity index (χ2n) is 9.47. The Hall–Kier alpha value is -3.56. The van der Waals surface area contributed by atoms with Crippen LogP contribution in [0, 0.1) is 5.92 Å². The Morgan fingerprint density at radius 3 is 2.55 bits per heavy atom. The van der Waals surface area contributed by atoms with Gasteiger partial charge in [-0.25, -0.2) is 0 Å². The van der Waals surface area contributed by atoms with E-state index in [9.17, 15) is 13.6 Å².